The van der Waals surface area contributed by atoms with Crippen molar-refractivity contribution in [3.05, 3.63) is 100.0 Å². The van der Waals surface area contributed by atoms with Gasteiger partial charge < -0.3 is 19.9 Å². The molecule has 0 saturated carbocycles. The van der Waals surface area contributed by atoms with Gasteiger partial charge in [0.15, 0.2) is 5.96 Å². The van der Waals surface area contributed by atoms with Crippen LogP contribution in [0.1, 0.15) is 23.6 Å². The fourth-order valence-corrected chi connectivity index (χ4v) is 3.28. The Morgan fingerprint density at radius 2 is 1.71 bits per heavy atom. The smallest absolute Gasteiger partial charge is 0.250 e. The molecule has 0 aliphatic rings. The van der Waals surface area contributed by atoms with E-state index in [0.717, 1.165) is 42.3 Å². The molecule has 0 fully saturated rings. The van der Waals surface area contributed by atoms with Crippen LogP contribution >= 0.6 is 0 Å². The fourth-order valence-electron chi connectivity index (χ4n) is 3.28. The number of methoxy groups -OCH3 is 1. The lowest BCUT2D eigenvalue weighted by molar-refractivity contribution is 0.409. The van der Waals surface area contributed by atoms with Crippen LogP contribution < -0.4 is 20.9 Å². The van der Waals surface area contributed by atoms with Crippen molar-refractivity contribution in [1.82, 2.24) is 15.2 Å². The summed E-state index contributed by atoms with van der Waals surface area (Å²) < 4.78 is 7.11. The second-order valence-electron chi connectivity index (χ2n) is 7.17. The normalized spacial score (nSPS) is 11.2. The molecule has 3 rings (SSSR count). The number of ether oxygens (including phenoxy) is 1. The van der Waals surface area contributed by atoms with Gasteiger partial charge in [0.1, 0.15) is 5.75 Å². The Morgan fingerprint density at radius 1 is 0.968 bits per heavy atom. The molecule has 2 N–H and O–H groups in total. The Bertz CT molecular complexity index is 1040. The molecule has 31 heavy (non-hydrogen) atoms. The Balaban J connectivity index is 1.56. The summed E-state index contributed by atoms with van der Waals surface area (Å²) >= 11 is 0. The van der Waals surface area contributed by atoms with Crippen LogP contribution in [0.4, 0.5) is 0 Å². The number of guanidine groups is 1. The third kappa shape index (κ3) is 6.74. The van der Waals surface area contributed by atoms with Crippen LogP contribution in [0.25, 0.3) is 0 Å². The first-order chi connectivity index (χ1) is 15.2. The van der Waals surface area contributed by atoms with Gasteiger partial charge in [-0.2, -0.15) is 0 Å². The molecule has 2 aromatic carbocycles. The van der Waals surface area contributed by atoms with Crippen molar-refractivity contribution in [2.24, 2.45) is 4.99 Å². The second-order valence-corrected chi connectivity index (χ2v) is 7.17. The number of hydrogen-bond donors (Lipinski definition) is 2. The van der Waals surface area contributed by atoms with Crippen molar-refractivity contribution in [2.45, 2.75) is 26.4 Å². The molecule has 0 aliphatic heterocycles. The van der Waals surface area contributed by atoms with Crippen molar-refractivity contribution in [3.63, 3.8) is 0 Å². The van der Waals surface area contributed by atoms with Gasteiger partial charge in [0.05, 0.1) is 20.2 Å². The van der Waals surface area contributed by atoms with Crippen molar-refractivity contribution in [1.29, 1.82) is 0 Å². The highest BCUT2D eigenvalue weighted by Crippen LogP contribution is 2.17. The van der Waals surface area contributed by atoms with E-state index >= 15 is 0 Å². The molecule has 0 bridgehead atoms. The highest BCUT2D eigenvalue weighted by Gasteiger charge is 2.03. The summed E-state index contributed by atoms with van der Waals surface area (Å²) in [7, 11) is 1.70. The van der Waals surface area contributed by atoms with Gasteiger partial charge >= 0.3 is 0 Å². The Kier molecular flexibility index (Phi) is 8.29. The molecule has 6 nitrogen and oxygen atoms in total. The number of benzene rings is 2. The van der Waals surface area contributed by atoms with Crippen molar-refractivity contribution in [3.8, 4) is 5.75 Å². The molecule has 0 spiro atoms. The largest absolute Gasteiger partial charge is 0.496 e. The average molecular weight is 419 g/mol. The summed E-state index contributed by atoms with van der Waals surface area (Å²) in [6, 6.07) is 21.5. The van der Waals surface area contributed by atoms with Crippen LogP contribution in [0.2, 0.25) is 0 Å². The van der Waals surface area contributed by atoms with Crippen LogP contribution in [0.3, 0.4) is 0 Å². The molecule has 0 radical (unpaired) electrons. The van der Waals surface area contributed by atoms with E-state index in [0.29, 0.717) is 13.1 Å². The maximum Gasteiger partial charge on any atom is 0.250 e. The summed E-state index contributed by atoms with van der Waals surface area (Å²) in [6.45, 7) is 4.76. The zero-order valence-electron chi connectivity index (χ0n) is 18.2. The van der Waals surface area contributed by atoms with E-state index < -0.39 is 0 Å². The summed E-state index contributed by atoms with van der Waals surface area (Å²) in [4.78, 5) is 16.6. The number of rotatable bonds is 9. The first kappa shape index (κ1) is 22.2. The predicted molar refractivity (Wildman–Crippen MR) is 126 cm³/mol. The molecule has 0 aliphatic carbocycles. The molecule has 0 amide bonds. The summed E-state index contributed by atoms with van der Waals surface area (Å²) in [5.41, 5.74) is 3.38. The molecule has 1 heterocycles. The third-order valence-electron chi connectivity index (χ3n) is 4.92. The van der Waals surface area contributed by atoms with Gasteiger partial charge in [0.2, 0.25) is 0 Å². The van der Waals surface area contributed by atoms with E-state index in [1.807, 2.05) is 36.4 Å². The lowest BCUT2D eigenvalue weighted by atomic mass is 10.1. The highest BCUT2D eigenvalue weighted by atomic mass is 16.5. The first-order valence-electron chi connectivity index (χ1n) is 10.6. The second kappa shape index (κ2) is 11.6. The van der Waals surface area contributed by atoms with E-state index in [1.165, 1.54) is 5.56 Å². The molecular formula is C25H30N4O2. The quantitative estimate of drug-likeness (QED) is 0.414. The number of nitrogens with zero attached hydrogens (tertiary/aromatic N) is 2. The van der Waals surface area contributed by atoms with E-state index in [-0.39, 0.29) is 5.56 Å². The van der Waals surface area contributed by atoms with E-state index in [9.17, 15) is 4.79 Å². The number of para-hydroxylation sites is 1. The minimum Gasteiger partial charge on any atom is -0.496 e. The molecule has 0 unspecified atom stereocenters. The van der Waals surface area contributed by atoms with Crippen LogP contribution in [0.15, 0.2) is 82.7 Å². The first-order valence-corrected chi connectivity index (χ1v) is 10.6. The average Bonchev–Trinajstić information content (AvgIpc) is 2.80. The van der Waals surface area contributed by atoms with Gasteiger partial charge in [0.25, 0.3) is 5.56 Å². The standard InChI is InChI=1S/C25H30N4O2/c1-3-26-25(27-16-15-22-8-4-5-9-23(22)31-2)28-18-20-11-13-21(14-12-20)19-29-17-7-6-10-24(29)30/h4-14,17H,3,15-16,18-19H2,1-2H3,(H2,26,27,28). The number of hydrogen-bond acceptors (Lipinski definition) is 3. The minimum absolute atomic E-state index is 0.00524. The SMILES string of the molecule is CCNC(=NCc1ccc(Cn2ccccc2=O)cc1)NCCc1ccccc1OC. The lowest BCUT2D eigenvalue weighted by Crippen LogP contribution is -2.38. The molecule has 1 aromatic heterocycles. The molecule has 0 atom stereocenters. The maximum atomic E-state index is 11.9. The van der Waals surface area contributed by atoms with Gasteiger partial charge in [-0.15, -0.1) is 0 Å². The molecule has 3 aromatic rings. The minimum atomic E-state index is 0.00524. The van der Waals surface area contributed by atoms with Gasteiger partial charge in [-0.25, -0.2) is 4.99 Å². The van der Waals surface area contributed by atoms with Gasteiger partial charge in [-0.1, -0.05) is 48.5 Å². The molecule has 0 saturated heterocycles. The highest BCUT2D eigenvalue weighted by molar-refractivity contribution is 5.79. The number of aliphatic imine (C=N–C) groups is 1. The Morgan fingerprint density at radius 3 is 2.45 bits per heavy atom. The summed E-state index contributed by atoms with van der Waals surface area (Å²) in [6.07, 6.45) is 2.65. The Hall–Kier alpha value is -3.54. The predicted octanol–water partition coefficient (Wildman–Crippen LogP) is 3.20. The van der Waals surface area contributed by atoms with E-state index in [2.05, 4.69) is 35.8 Å². The van der Waals surface area contributed by atoms with Crippen LogP contribution in [-0.2, 0) is 19.5 Å². The lowest BCUT2D eigenvalue weighted by Gasteiger charge is -2.13. The number of pyridine rings is 1. The monoisotopic (exact) mass is 418 g/mol. The third-order valence-corrected chi connectivity index (χ3v) is 4.92. The number of aromatic nitrogens is 1. The van der Waals surface area contributed by atoms with Crippen molar-refractivity contribution >= 4 is 5.96 Å². The molecule has 162 valence electrons. The van der Waals surface area contributed by atoms with Crippen LogP contribution in [0, 0.1) is 0 Å². The Labute approximate surface area is 183 Å². The van der Waals surface area contributed by atoms with Crippen molar-refractivity contribution in [2.75, 3.05) is 20.2 Å². The fraction of sp³-hybridized carbons (Fsp3) is 0.280. The number of nitrogens with one attached hydrogen (secondary N) is 2. The van der Waals surface area contributed by atoms with Gasteiger partial charge in [-0.05, 0) is 42.2 Å². The van der Waals surface area contributed by atoms with Gasteiger partial charge in [0, 0.05) is 25.4 Å². The zero-order valence-corrected chi connectivity index (χ0v) is 18.2. The van der Waals surface area contributed by atoms with Crippen molar-refractivity contribution < 1.29 is 4.74 Å². The zero-order chi connectivity index (χ0) is 21.9. The maximum absolute atomic E-state index is 11.9. The summed E-state index contributed by atoms with van der Waals surface area (Å²) in [5, 5.41) is 6.67. The van der Waals surface area contributed by atoms with E-state index in [1.54, 1.807) is 30.0 Å². The summed E-state index contributed by atoms with van der Waals surface area (Å²) in [5.74, 6) is 1.70. The van der Waals surface area contributed by atoms with Crippen LogP contribution in [-0.4, -0.2) is 30.7 Å². The molecular weight excluding hydrogens is 388 g/mol. The van der Waals surface area contributed by atoms with Gasteiger partial charge in [-0.3, -0.25) is 4.79 Å². The topological polar surface area (TPSA) is 67.7 Å². The molecule has 6 heteroatoms. The van der Waals surface area contributed by atoms with Crippen LogP contribution in [0.5, 0.6) is 5.75 Å². The van der Waals surface area contributed by atoms with E-state index in [4.69, 9.17) is 9.73 Å².